The summed E-state index contributed by atoms with van der Waals surface area (Å²) in [5, 5.41) is 9.63. The lowest BCUT2D eigenvalue weighted by Crippen LogP contribution is -2.39. The molecule has 5 heteroatoms. The lowest BCUT2D eigenvalue weighted by Gasteiger charge is -2.25. The first-order chi connectivity index (χ1) is 10.4. The van der Waals surface area contributed by atoms with Crippen LogP contribution in [-0.2, 0) is 16.4 Å². The quantitative estimate of drug-likeness (QED) is 0.946. The predicted octanol–water partition coefficient (Wildman–Crippen LogP) is 2.42. The molecule has 1 unspecified atom stereocenters. The van der Waals surface area contributed by atoms with Crippen LogP contribution in [0.2, 0.25) is 0 Å². The van der Waals surface area contributed by atoms with Crippen molar-refractivity contribution in [3.05, 3.63) is 59.2 Å². The van der Waals surface area contributed by atoms with E-state index in [2.05, 4.69) is 0 Å². The Morgan fingerprint density at radius 2 is 1.73 bits per heavy atom. The van der Waals surface area contributed by atoms with Crippen molar-refractivity contribution in [1.82, 2.24) is 0 Å². The molecule has 4 nitrogen and oxygen atoms in total. The van der Waals surface area contributed by atoms with Gasteiger partial charge in [0, 0.05) is 0 Å². The number of fused-ring (bicyclic) bond motifs is 1. The summed E-state index contributed by atoms with van der Waals surface area (Å²) in [4.78, 5) is 0.255. The Hall–Kier alpha value is -1.85. The zero-order valence-electron chi connectivity index (χ0n) is 12.7. The van der Waals surface area contributed by atoms with Crippen LogP contribution in [0.4, 0.5) is 5.69 Å². The van der Waals surface area contributed by atoms with E-state index >= 15 is 0 Å². The number of sulfonamides is 1. The third kappa shape index (κ3) is 2.40. The third-order valence-corrected chi connectivity index (χ3v) is 5.93. The molecule has 1 aliphatic heterocycles. The van der Waals surface area contributed by atoms with E-state index < -0.39 is 16.1 Å². The Morgan fingerprint density at radius 1 is 1.09 bits per heavy atom. The highest BCUT2D eigenvalue weighted by atomic mass is 32.2. The summed E-state index contributed by atoms with van der Waals surface area (Å²) in [5.74, 6) is 0. The SMILES string of the molecule is Cc1ccc(S(=O)(=O)N2c3ccc(C)cc3CC2CO)cc1. The molecule has 0 radical (unpaired) electrons. The molecule has 0 saturated heterocycles. The molecule has 0 aliphatic carbocycles. The van der Waals surface area contributed by atoms with Crippen LogP contribution in [0.25, 0.3) is 0 Å². The van der Waals surface area contributed by atoms with Crippen LogP contribution in [0, 0.1) is 13.8 Å². The maximum absolute atomic E-state index is 13.0. The summed E-state index contributed by atoms with van der Waals surface area (Å²) in [5.41, 5.74) is 3.74. The fraction of sp³-hybridized carbons (Fsp3) is 0.294. The van der Waals surface area contributed by atoms with Crippen LogP contribution in [0.15, 0.2) is 47.4 Å². The summed E-state index contributed by atoms with van der Waals surface area (Å²) >= 11 is 0. The van der Waals surface area contributed by atoms with Crippen LogP contribution >= 0.6 is 0 Å². The van der Waals surface area contributed by atoms with E-state index in [4.69, 9.17) is 0 Å². The topological polar surface area (TPSA) is 57.6 Å². The molecule has 1 aliphatic rings. The molecule has 0 fully saturated rings. The van der Waals surface area contributed by atoms with Crippen molar-refractivity contribution in [3.8, 4) is 0 Å². The minimum absolute atomic E-state index is 0.196. The Bertz CT molecular complexity index is 797. The van der Waals surface area contributed by atoms with E-state index in [0.717, 1.165) is 16.7 Å². The number of nitrogens with zero attached hydrogens (tertiary/aromatic N) is 1. The minimum Gasteiger partial charge on any atom is -0.394 e. The number of aliphatic hydroxyl groups excluding tert-OH is 1. The molecule has 1 heterocycles. The predicted molar refractivity (Wildman–Crippen MR) is 86.6 cm³/mol. The van der Waals surface area contributed by atoms with E-state index in [1.807, 2.05) is 32.0 Å². The van der Waals surface area contributed by atoms with E-state index in [0.29, 0.717) is 12.1 Å². The molecule has 116 valence electrons. The van der Waals surface area contributed by atoms with Gasteiger partial charge in [-0.05, 0) is 44.0 Å². The average molecular weight is 317 g/mol. The smallest absolute Gasteiger partial charge is 0.264 e. The number of aryl methyl sites for hydroxylation is 2. The van der Waals surface area contributed by atoms with Crippen molar-refractivity contribution in [1.29, 1.82) is 0 Å². The van der Waals surface area contributed by atoms with Gasteiger partial charge in [0.15, 0.2) is 0 Å². The maximum atomic E-state index is 13.0. The molecule has 1 atom stereocenters. The number of hydrogen-bond donors (Lipinski definition) is 1. The molecular formula is C17H19NO3S. The van der Waals surface area contributed by atoms with Crippen molar-refractivity contribution in [2.24, 2.45) is 0 Å². The molecular weight excluding hydrogens is 298 g/mol. The van der Waals surface area contributed by atoms with Crippen LogP contribution < -0.4 is 4.31 Å². The summed E-state index contributed by atoms with van der Waals surface area (Å²) in [6.45, 7) is 3.70. The lowest BCUT2D eigenvalue weighted by atomic mass is 10.1. The number of anilines is 1. The highest BCUT2D eigenvalue weighted by Crippen LogP contribution is 2.37. The summed E-state index contributed by atoms with van der Waals surface area (Å²) < 4.78 is 27.3. The zero-order valence-corrected chi connectivity index (χ0v) is 13.5. The molecule has 0 saturated carbocycles. The van der Waals surface area contributed by atoms with E-state index in [-0.39, 0.29) is 11.5 Å². The first-order valence-corrected chi connectivity index (χ1v) is 8.69. The number of aliphatic hydroxyl groups is 1. The van der Waals surface area contributed by atoms with Gasteiger partial charge in [-0.25, -0.2) is 8.42 Å². The van der Waals surface area contributed by atoms with Gasteiger partial charge >= 0.3 is 0 Å². The number of hydrogen-bond acceptors (Lipinski definition) is 3. The molecule has 0 aromatic heterocycles. The van der Waals surface area contributed by atoms with E-state index in [1.165, 1.54) is 4.31 Å². The second-order valence-corrected chi connectivity index (χ2v) is 7.60. The van der Waals surface area contributed by atoms with Crippen molar-refractivity contribution < 1.29 is 13.5 Å². The summed E-state index contributed by atoms with van der Waals surface area (Å²) in [7, 11) is -3.67. The molecule has 0 bridgehead atoms. The van der Waals surface area contributed by atoms with Crippen LogP contribution in [-0.4, -0.2) is 26.2 Å². The summed E-state index contributed by atoms with van der Waals surface area (Å²) in [6.07, 6.45) is 0.540. The van der Waals surface area contributed by atoms with Gasteiger partial charge < -0.3 is 5.11 Å². The normalized spacial score (nSPS) is 17.6. The fourth-order valence-electron chi connectivity index (χ4n) is 2.91. The van der Waals surface area contributed by atoms with Crippen LogP contribution in [0.1, 0.15) is 16.7 Å². The van der Waals surface area contributed by atoms with Crippen LogP contribution in [0.5, 0.6) is 0 Å². The first kappa shape index (κ1) is 15.1. The van der Waals surface area contributed by atoms with E-state index in [1.54, 1.807) is 24.3 Å². The van der Waals surface area contributed by atoms with Crippen molar-refractivity contribution in [3.63, 3.8) is 0 Å². The Kier molecular flexibility index (Phi) is 3.70. The van der Waals surface area contributed by atoms with Crippen molar-refractivity contribution in [2.45, 2.75) is 31.2 Å². The number of rotatable bonds is 3. The second-order valence-electron chi connectivity index (χ2n) is 5.79. The van der Waals surface area contributed by atoms with E-state index in [9.17, 15) is 13.5 Å². The lowest BCUT2D eigenvalue weighted by molar-refractivity contribution is 0.270. The number of benzene rings is 2. The largest absolute Gasteiger partial charge is 0.394 e. The van der Waals surface area contributed by atoms with Crippen LogP contribution in [0.3, 0.4) is 0 Å². The Labute approximate surface area is 131 Å². The molecule has 2 aromatic rings. The summed E-state index contributed by atoms with van der Waals surface area (Å²) in [6, 6.07) is 12.1. The first-order valence-electron chi connectivity index (χ1n) is 7.25. The van der Waals surface area contributed by atoms with Crippen molar-refractivity contribution >= 4 is 15.7 Å². The maximum Gasteiger partial charge on any atom is 0.264 e. The van der Waals surface area contributed by atoms with Gasteiger partial charge in [-0.3, -0.25) is 4.31 Å². The molecule has 1 N–H and O–H groups in total. The Morgan fingerprint density at radius 3 is 2.36 bits per heavy atom. The van der Waals surface area contributed by atoms with Gasteiger partial charge in [-0.15, -0.1) is 0 Å². The average Bonchev–Trinajstić information content (AvgIpc) is 2.85. The fourth-order valence-corrected chi connectivity index (χ4v) is 4.59. The molecule has 2 aromatic carbocycles. The monoisotopic (exact) mass is 317 g/mol. The van der Waals surface area contributed by atoms with Gasteiger partial charge in [-0.1, -0.05) is 35.4 Å². The second kappa shape index (κ2) is 5.41. The van der Waals surface area contributed by atoms with Crippen molar-refractivity contribution in [2.75, 3.05) is 10.9 Å². The van der Waals surface area contributed by atoms with Gasteiger partial charge in [0.1, 0.15) is 0 Å². The molecule has 0 amide bonds. The standard InChI is InChI=1S/C17H19NO3S/c1-12-3-6-16(7-4-12)22(20,21)18-15(11-19)10-14-9-13(2)5-8-17(14)18/h3-9,15,19H,10-11H2,1-2H3. The Balaban J connectivity index is 2.11. The zero-order chi connectivity index (χ0) is 15.9. The highest BCUT2D eigenvalue weighted by molar-refractivity contribution is 7.92. The van der Waals surface area contributed by atoms with Gasteiger partial charge in [0.25, 0.3) is 10.0 Å². The van der Waals surface area contributed by atoms with Gasteiger partial charge in [0.05, 0.1) is 23.2 Å². The highest BCUT2D eigenvalue weighted by Gasteiger charge is 2.37. The molecule has 22 heavy (non-hydrogen) atoms. The molecule has 0 spiro atoms. The van der Waals surface area contributed by atoms with Gasteiger partial charge in [0.2, 0.25) is 0 Å². The molecule has 3 rings (SSSR count). The third-order valence-electron chi connectivity index (χ3n) is 4.05. The minimum atomic E-state index is -3.67. The van der Waals surface area contributed by atoms with Gasteiger partial charge in [-0.2, -0.15) is 0 Å².